The van der Waals surface area contributed by atoms with E-state index in [1.165, 1.54) is 18.4 Å². The van der Waals surface area contributed by atoms with Crippen LogP contribution < -0.4 is 5.32 Å². The third-order valence-corrected chi connectivity index (χ3v) is 5.22. The second-order valence-corrected chi connectivity index (χ2v) is 6.93. The molecule has 0 aliphatic carbocycles. The van der Waals surface area contributed by atoms with Gasteiger partial charge in [-0.15, -0.1) is 11.3 Å². The van der Waals surface area contributed by atoms with Crippen LogP contribution in [0.25, 0.3) is 0 Å². The summed E-state index contributed by atoms with van der Waals surface area (Å²) >= 11 is 1.64. The Morgan fingerprint density at radius 1 is 1.16 bits per heavy atom. The molecular weight excluding hydrogens is 328 g/mol. The topological polar surface area (TPSA) is 40.0 Å². The summed E-state index contributed by atoms with van der Waals surface area (Å²) in [5, 5.41) is 5.42. The van der Waals surface area contributed by atoms with Crippen LogP contribution in [0.1, 0.15) is 23.3 Å². The van der Waals surface area contributed by atoms with Gasteiger partial charge in [0.25, 0.3) is 0 Å². The summed E-state index contributed by atoms with van der Waals surface area (Å²) in [5.74, 6) is 0. The van der Waals surface area contributed by atoms with E-state index in [1.807, 2.05) is 17.5 Å². The minimum absolute atomic E-state index is 0.547. The molecule has 0 bridgehead atoms. The number of hydrogen-bond donors (Lipinski definition) is 1. The van der Waals surface area contributed by atoms with Crippen molar-refractivity contribution >= 4 is 29.5 Å². The van der Waals surface area contributed by atoms with Gasteiger partial charge in [-0.05, 0) is 36.6 Å². The van der Waals surface area contributed by atoms with Gasteiger partial charge in [-0.25, -0.2) is 0 Å². The summed E-state index contributed by atoms with van der Waals surface area (Å²) < 4.78 is 0. The van der Waals surface area contributed by atoms with Crippen molar-refractivity contribution < 1.29 is 0 Å². The lowest BCUT2D eigenvalue weighted by molar-refractivity contribution is 0.449. The summed E-state index contributed by atoms with van der Waals surface area (Å²) in [5.41, 5.74) is 4.06. The fourth-order valence-electron chi connectivity index (χ4n) is 2.97. The number of thiophene rings is 1. The van der Waals surface area contributed by atoms with Gasteiger partial charge in [0, 0.05) is 19.6 Å². The standard InChI is InChI=1S/C20H24N4S/c1-16(24-11-6-7-12-24)19(20-18(21-2)10-13-25-20)23-15-22-14-17-8-4-3-5-9-17/h3-5,8-10,13,22H,1-2,6-7,11-12,14-15H2. The molecule has 1 aromatic heterocycles. The van der Waals surface area contributed by atoms with Crippen LogP contribution in [-0.2, 0) is 6.54 Å². The van der Waals surface area contributed by atoms with Crippen molar-refractivity contribution in [3.8, 4) is 0 Å². The quantitative estimate of drug-likeness (QED) is 0.570. The lowest BCUT2D eigenvalue weighted by Crippen LogP contribution is -2.25. The molecule has 1 saturated heterocycles. The molecule has 25 heavy (non-hydrogen) atoms. The van der Waals surface area contributed by atoms with Gasteiger partial charge < -0.3 is 4.90 Å². The minimum atomic E-state index is 0.547. The van der Waals surface area contributed by atoms with Crippen molar-refractivity contribution in [1.82, 2.24) is 10.2 Å². The van der Waals surface area contributed by atoms with E-state index in [4.69, 9.17) is 4.99 Å². The number of allylic oxidation sites excluding steroid dienone is 1. The first-order valence-electron chi connectivity index (χ1n) is 8.57. The van der Waals surface area contributed by atoms with Crippen LogP contribution >= 0.6 is 11.3 Å². The van der Waals surface area contributed by atoms with Gasteiger partial charge in [-0.3, -0.25) is 15.3 Å². The number of nitrogens with zero attached hydrogens (tertiary/aromatic N) is 3. The van der Waals surface area contributed by atoms with Gasteiger partial charge in [-0.2, -0.15) is 0 Å². The Morgan fingerprint density at radius 2 is 1.92 bits per heavy atom. The highest BCUT2D eigenvalue weighted by Crippen LogP contribution is 2.29. The molecule has 1 aliphatic rings. The van der Waals surface area contributed by atoms with Crippen molar-refractivity contribution in [3.63, 3.8) is 0 Å². The summed E-state index contributed by atoms with van der Waals surface area (Å²) in [4.78, 5) is 12.3. The number of aliphatic imine (C=N–C) groups is 2. The fourth-order valence-corrected chi connectivity index (χ4v) is 3.85. The van der Waals surface area contributed by atoms with E-state index in [-0.39, 0.29) is 0 Å². The molecule has 2 heterocycles. The largest absolute Gasteiger partial charge is 0.370 e. The summed E-state index contributed by atoms with van der Waals surface area (Å²) in [7, 11) is 0. The van der Waals surface area contributed by atoms with Crippen LogP contribution in [0.4, 0.5) is 5.69 Å². The van der Waals surface area contributed by atoms with Crippen molar-refractivity contribution in [2.75, 3.05) is 19.8 Å². The van der Waals surface area contributed by atoms with E-state index in [0.29, 0.717) is 6.67 Å². The first kappa shape index (κ1) is 17.6. The number of likely N-dealkylation sites (tertiary alicyclic amines) is 1. The summed E-state index contributed by atoms with van der Waals surface area (Å²) in [6.45, 7) is 11.4. The molecule has 0 unspecified atom stereocenters. The first-order chi connectivity index (χ1) is 12.3. The van der Waals surface area contributed by atoms with Gasteiger partial charge in [-0.1, -0.05) is 36.9 Å². The Balaban J connectivity index is 1.73. The van der Waals surface area contributed by atoms with E-state index in [9.17, 15) is 0 Å². The zero-order valence-corrected chi connectivity index (χ0v) is 15.3. The van der Waals surface area contributed by atoms with Crippen LogP contribution in [-0.4, -0.2) is 37.1 Å². The molecule has 1 aromatic carbocycles. The average molecular weight is 353 g/mol. The Hall–Kier alpha value is -2.24. The van der Waals surface area contributed by atoms with E-state index >= 15 is 0 Å². The smallest absolute Gasteiger partial charge is 0.101 e. The first-order valence-corrected chi connectivity index (χ1v) is 9.45. The molecule has 0 radical (unpaired) electrons. The number of hydrogen-bond acceptors (Lipinski definition) is 5. The van der Waals surface area contributed by atoms with E-state index in [1.54, 1.807) is 11.3 Å². The SMILES string of the molecule is C=Nc1ccsc1C(=NCNCc1ccccc1)C(=C)N1CCCC1. The fraction of sp³-hybridized carbons (Fsp3) is 0.300. The van der Waals surface area contributed by atoms with Crippen LogP contribution in [0.2, 0.25) is 0 Å². The van der Waals surface area contributed by atoms with Gasteiger partial charge in [0.05, 0.1) is 22.9 Å². The van der Waals surface area contributed by atoms with E-state index in [0.717, 1.165) is 41.6 Å². The van der Waals surface area contributed by atoms with Crippen LogP contribution in [0.15, 0.2) is 64.0 Å². The minimum Gasteiger partial charge on any atom is -0.370 e. The Kier molecular flexibility index (Phi) is 6.14. The van der Waals surface area contributed by atoms with Crippen molar-refractivity contribution in [1.29, 1.82) is 0 Å². The predicted octanol–water partition coefficient (Wildman–Crippen LogP) is 4.23. The van der Waals surface area contributed by atoms with Gasteiger partial charge >= 0.3 is 0 Å². The highest BCUT2D eigenvalue weighted by atomic mass is 32.1. The molecule has 5 heteroatoms. The van der Waals surface area contributed by atoms with Gasteiger partial charge in [0.2, 0.25) is 0 Å². The Morgan fingerprint density at radius 3 is 2.64 bits per heavy atom. The van der Waals surface area contributed by atoms with E-state index in [2.05, 4.69) is 52.8 Å². The maximum atomic E-state index is 4.82. The normalized spacial score (nSPS) is 14.7. The predicted molar refractivity (Wildman–Crippen MR) is 108 cm³/mol. The molecule has 0 atom stereocenters. The van der Waals surface area contributed by atoms with Gasteiger partial charge in [0.1, 0.15) is 5.71 Å². The molecule has 4 nitrogen and oxygen atoms in total. The molecule has 1 N–H and O–H groups in total. The third-order valence-electron chi connectivity index (χ3n) is 4.31. The zero-order chi connectivity index (χ0) is 17.5. The van der Waals surface area contributed by atoms with Crippen LogP contribution in [0.5, 0.6) is 0 Å². The Bertz CT molecular complexity index is 742. The van der Waals surface area contributed by atoms with E-state index < -0.39 is 0 Å². The maximum absolute atomic E-state index is 4.82. The molecule has 0 amide bonds. The second kappa shape index (κ2) is 8.74. The molecule has 2 aromatic rings. The molecule has 3 rings (SSSR count). The monoisotopic (exact) mass is 352 g/mol. The van der Waals surface area contributed by atoms with Crippen molar-refractivity contribution in [2.45, 2.75) is 19.4 Å². The number of benzene rings is 1. The lowest BCUT2D eigenvalue weighted by atomic mass is 10.2. The van der Waals surface area contributed by atoms with Crippen molar-refractivity contribution in [3.05, 3.63) is 64.5 Å². The average Bonchev–Trinajstić information content (AvgIpc) is 3.34. The number of rotatable bonds is 8. The highest BCUT2D eigenvalue weighted by molar-refractivity contribution is 7.13. The van der Waals surface area contributed by atoms with Crippen molar-refractivity contribution in [2.24, 2.45) is 9.98 Å². The molecule has 130 valence electrons. The molecule has 1 aliphatic heterocycles. The van der Waals surface area contributed by atoms with Crippen LogP contribution in [0, 0.1) is 0 Å². The summed E-state index contributed by atoms with van der Waals surface area (Å²) in [6.07, 6.45) is 2.44. The highest BCUT2D eigenvalue weighted by Gasteiger charge is 2.21. The molecule has 0 spiro atoms. The lowest BCUT2D eigenvalue weighted by Gasteiger charge is -2.21. The molecule has 1 fully saturated rings. The molecular formula is C20H24N4S. The number of nitrogens with one attached hydrogen (secondary N) is 1. The zero-order valence-electron chi connectivity index (χ0n) is 14.4. The maximum Gasteiger partial charge on any atom is 0.101 e. The van der Waals surface area contributed by atoms with Gasteiger partial charge in [0.15, 0.2) is 0 Å². The second-order valence-electron chi connectivity index (χ2n) is 6.01. The summed E-state index contributed by atoms with van der Waals surface area (Å²) in [6, 6.07) is 12.3. The third kappa shape index (κ3) is 4.44. The van der Waals surface area contributed by atoms with Crippen LogP contribution in [0.3, 0.4) is 0 Å². The Labute approximate surface area is 153 Å². The molecule has 0 saturated carbocycles.